The van der Waals surface area contributed by atoms with E-state index in [4.69, 9.17) is 5.73 Å². The predicted octanol–water partition coefficient (Wildman–Crippen LogP) is 0.111. The number of nitrogens with one attached hydrogen (secondary N) is 1. The van der Waals surface area contributed by atoms with Gasteiger partial charge in [-0.05, 0) is 13.3 Å². The number of carbonyl (C=O) groups is 1. The van der Waals surface area contributed by atoms with Crippen LogP contribution >= 0.6 is 0 Å². The molecule has 16 heavy (non-hydrogen) atoms. The van der Waals surface area contributed by atoms with Crippen molar-refractivity contribution in [2.24, 2.45) is 5.73 Å². The van der Waals surface area contributed by atoms with Crippen LogP contribution in [0.2, 0.25) is 0 Å². The molecule has 0 saturated heterocycles. The largest absolute Gasteiger partial charge is 0.384 e. The third kappa shape index (κ3) is 2.82. The van der Waals surface area contributed by atoms with Crippen molar-refractivity contribution in [2.75, 3.05) is 11.9 Å². The zero-order valence-corrected chi connectivity index (χ0v) is 9.43. The number of aromatic nitrogens is 2. The van der Waals surface area contributed by atoms with E-state index in [1.165, 1.54) is 19.2 Å². The second-order valence-corrected chi connectivity index (χ2v) is 3.53. The van der Waals surface area contributed by atoms with Gasteiger partial charge >= 0.3 is 0 Å². The first-order valence-electron chi connectivity index (χ1n) is 5.18. The van der Waals surface area contributed by atoms with E-state index in [0.717, 1.165) is 17.6 Å². The van der Waals surface area contributed by atoms with Gasteiger partial charge in [-0.1, -0.05) is 6.92 Å². The van der Waals surface area contributed by atoms with Gasteiger partial charge in [-0.15, -0.1) is 0 Å². The van der Waals surface area contributed by atoms with Gasteiger partial charge in [0.05, 0.1) is 11.9 Å². The van der Waals surface area contributed by atoms with Gasteiger partial charge in [0.15, 0.2) is 0 Å². The number of carbonyl (C=O) groups excluding carboxylic acids is 1. The summed E-state index contributed by atoms with van der Waals surface area (Å²) < 4.78 is 1.07. The fourth-order valence-electron chi connectivity index (χ4n) is 1.20. The number of rotatable bonds is 5. The van der Waals surface area contributed by atoms with Crippen LogP contribution in [0.1, 0.15) is 26.3 Å². The predicted molar refractivity (Wildman–Crippen MR) is 61.2 cm³/mol. The van der Waals surface area contributed by atoms with Crippen molar-refractivity contribution in [3.05, 3.63) is 22.6 Å². The molecule has 0 aliphatic rings. The lowest BCUT2D eigenvalue weighted by Crippen LogP contribution is -2.33. The minimum Gasteiger partial charge on any atom is -0.384 e. The van der Waals surface area contributed by atoms with E-state index in [1.807, 2.05) is 6.92 Å². The molecule has 0 fully saturated rings. The quantitative estimate of drug-likeness (QED) is 0.742. The third-order valence-electron chi connectivity index (χ3n) is 2.18. The summed E-state index contributed by atoms with van der Waals surface area (Å²) in [5, 5.41) is 6.93. The van der Waals surface area contributed by atoms with E-state index in [2.05, 4.69) is 10.4 Å². The normalized spacial score (nSPS) is 12.1. The second-order valence-electron chi connectivity index (χ2n) is 3.53. The van der Waals surface area contributed by atoms with E-state index < -0.39 is 11.9 Å². The highest BCUT2D eigenvalue weighted by molar-refractivity contribution is 5.77. The van der Waals surface area contributed by atoms with Crippen LogP contribution < -0.4 is 16.6 Å². The van der Waals surface area contributed by atoms with Crippen molar-refractivity contribution in [1.82, 2.24) is 9.78 Å². The molecule has 6 heteroatoms. The van der Waals surface area contributed by atoms with E-state index in [0.29, 0.717) is 5.69 Å². The summed E-state index contributed by atoms with van der Waals surface area (Å²) in [6.07, 6.45) is 2.47. The van der Waals surface area contributed by atoms with Gasteiger partial charge in [0.2, 0.25) is 5.91 Å². The van der Waals surface area contributed by atoms with Gasteiger partial charge in [-0.25, -0.2) is 4.68 Å². The number of nitrogens with zero attached hydrogens (tertiary/aromatic N) is 2. The first kappa shape index (κ1) is 12.2. The van der Waals surface area contributed by atoms with Crippen molar-refractivity contribution in [2.45, 2.75) is 26.3 Å². The molecule has 0 aromatic carbocycles. The maximum Gasteiger partial charge on any atom is 0.269 e. The molecule has 6 nitrogen and oxygen atoms in total. The van der Waals surface area contributed by atoms with Crippen molar-refractivity contribution in [1.29, 1.82) is 0 Å². The van der Waals surface area contributed by atoms with Crippen LogP contribution in [0.3, 0.4) is 0 Å². The van der Waals surface area contributed by atoms with Crippen LogP contribution in [0.4, 0.5) is 5.69 Å². The Morgan fingerprint density at radius 3 is 2.88 bits per heavy atom. The first-order valence-corrected chi connectivity index (χ1v) is 5.18. The number of anilines is 1. The van der Waals surface area contributed by atoms with E-state index in [-0.39, 0.29) is 5.56 Å². The molecule has 1 amide bonds. The van der Waals surface area contributed by atoms with Gasteiger partial charge in [-0.2, -0.15) is 5.10 Å². The molecule has 0 radical (unpaired) electrons. The summed E-state index contributed by atoms with van der Waals surface area (Å²) in [6.45, 7) is 4.34. The molecule has 88 valence electrons. The maximum absolute atomic E-state index is 11.6. The summed E-state index contributed by atoms with van der Waals surface area (Å²) in [5.74, 6) is -0.580. The highest BCUT2D eigenvalue weighted by atomic mass is 16.2. The lowest BCUT2D eigenvalue weighted by molar-refractivity contribution is -0.121. The molecule has 1 rings (SSSR count). The minimum absolute atomic E-state index is 0.340. The molecular weight excluding hydrogens is 208 g/mol. The van der Waals surface area contributed by atoms with Crippen LogP contribution in [0.5, 0.6) is 0 Å². The second kappa shape index (κ2) is 5.29. The van der Waals surface area contributed by atoms with E-state index in [1.54, 1.807) is 0 Å². The van der Waals surface area contributed by atoms with Gasteiger partial charge in [0.1, 0.15) is 6.04 Å². The Bertz CT molecular complexity index is 427. The fourth-order valence-corrected chi connectivity index (χ4v) is 1.20. The summed E-state index contributed by atoms with van der Waals surface area (Å²) in [5.41, 5.74) is 5.41. The average Bonchev–Trinajstić information content (AvgIpc) is 2.25. The van der Waals surface area contributed by atoms with Crippen LogP contribution in [0.15, 0.2) is 17.1 Å². The molecule has 0 aliphatic carbocycles. The Morgan fingerprint density at radius 1 is 1.69 bits per heavy atom. The van der Waals surface area contributed by atoms with Crippen LogP contribution in [0.25, 0.3) is 0 Å². The fraction of sp³-hybridized carbons (Fsp3) is 0.500. The monoisotopic (exact) mass is 224 g/mol. The zero-order chi connectivity index (χ0) is 12.1. The molecule has 1 atom stereocenters. The molecular formula is C10H16N4O2. The van der Waals surface area contributed by atoms with E-state index in [9.17, 15) is 9.59 Å². The van der Waals surface area contributed by atoms with Crippen molar-refractivity contribution >= 4 is 11.6 Å². The topological polar surface area (TPSA) is 90.0 Å². The molecule has 1 aromatic rings. The van der Waals surface area contributed by atoms with Crippen molar-refractivity contribution in [3.63, 3.8) is 0 Å². The lowest BCUT2D eigenvalue weighted by Gasteiger charge is -2.10. The summed E-state index contributed by atoms with van der Waals surface area (Å²) in [6, 6.07) is 0.676. The van der Waals surface area contributed by atoms with Gasteiger partial charge < -0.3 is 11.1 Å². The smallest absolute Gasteiger partial charge is 0.269 e. The molecule has 0 bridgehead atoms. The summed E-state index contributed by atoms with van der Waals surface area (Å²) in [4.78, 5) is 22.5. The standard InChI is InChI=1S/C10H16N4O2/c1-3-4-12-8-5-9(15)14(13-6-8)7(2)10(11)16/h5-7,12H,3-4H2,1-2H3,(H2,11,16). The van der Waals surface area contributed by atoms with Crippen LogP contribution in [-0.4, -0.2) is 22.2 Å². The van der Waals surface area contributed by atoms with Crippen LogP contribution in [-0.2, 0) is 4.79 Å². The Hall–Kier alpha value is -1.85. The average molecular weight is 224 g/mol. The molecule has 0 spiro atoms. The highest BCUT2D eigenvalue weighted by Crippen LogP contribution is 2.03. The number of hydrogen-bond donors (Lipinski definition) is 2. The van der Waals surface area contributed by atoms with Gasteiger partial charge in [-0.3, -0.25) is 9.59 Å². The summed E-state index contributed by atoms with van der Waals surface area (Å²) >= 11 is 0. The Morgan fingerprint density at radius 2 is 2.38 bits per heavy atom. The molecule has 1 unspecified atom stereocenters. The first-order chi connectivity index (χ1) is 7.56. The SMILES string of the molecule is CCCNc1cnn(C(C)C(N)=O)c(=O)c1. The molecule has 3 N–H and O–H groups in total. The zero-order valence-electron chi connectivity index (χ0n) is 9.43. The molecule has 0 aliphatic heterocycles. The van der Waals surface area contributed by atoms with Crippen molar-refractivity contribution in [3.8, 4) is 0 Å². The number of primary amides is 1. The van der Waals surface area contributed by atoms with E-state index >= 15 is 0 Å². The highest BCUT2D eigenvalue weighted by Gasteiger charge is 2.13. The van der Waals surface area contributed by atoms with Gasteiger partial charge in [0, 0.05) is 12.6 Å². The van der Waals surface area contributed by atoms with Gasteiger partial charge in [0.25, 0.3) is 5.56 Å². The molecule has 0 saturated carbocycles. The number of hydrogen-bond acceptors (Lipinski definition) is 4. The maximum atomic E-state index is 11.6. The Balaban J connectivity index is 2.91. The summed E-state index contributed by atoms with van der Waals surface area (Å²) in [7, 11) is 0. The lowest BCUT2D eigenvalue weighted by atomic mass is 10.3. The van der Waals surface area contributed by atoms with Crippen molar-refractivity contribution < 1.29 is 4.79 Å². The Labute approximate surface area is 93.5 Å². The van der Waals surface area contributed by atoms with Crippen LogP contribution in [0, 0.1) is 0 Å². The number of nitrogens with two attached hydrogens (primary N) is 1. The minimum atomic E-state index is -0.729. The third-order valence-corrected chi connectivity index (χ3v) is 2.18. The number of amides is 1. The Kier molecular flexibility index (Phi) is 4.04. The molecule has 1 aromatic heterocycles. The molecule has 1 heterocycles.